The van der Waals surface area contributed by atoms with Crippen LogP contribution in [0.3, 0.4) is 0 Å². The van der Waals surface area contributed by atoms with Crippen LogP contribution >= 0.6 is 0 Å². The van der Waals surface area contributed by atoms with Gasteiger partial charge < -0.3 is 5.32 Å². The van der Waals surface area contributed by atoms with Crippen molar-refractivity contribution in [2.45, 2.75) is 58.7 Å². The lowest BCUT2D eigenvalue weighted by molar-refractivity contribution is 0.115. The zero-order valence-corrected chi connectivity index (χ0v) is 12.7. The third-order valence-electron chi connectivity index (χ3n) is 4.23. The Kier molecular flexibility index (Phi) is 5.41. The Morgan fingerprint density at radius 2 is 1.95 bits per heavy atom. The van der Waals surface area contributed by atoms with E-state index in [-0.39, 0.29) is 0 Å². The largest absolute Gasteiger partial charge is 0.311 e. The number of rotatable bonds is 5. The molecule has 2 heteroatoms. The molecule has 0 radical (unpaired) electrons. The number of hydrogen-bond donors (Lipinski definition) is 1. The second-order valence-electron chi connectivity index (χ2n) is 5.87. The summed E-state index contributed by atoms with van der Waals surface area (Å²) in [7, 11) is 0. The van der Waals surface area contributed by atoms with E-state index >= 15 is 0 Å². The summed E-state index contributed by atoms with van der Waals surface area (Å²) in [6, 6.07) is 10.4. The van der Waals surface area contributed by atoms with Gasteiger partial charge in [0.1, 0.15) is 0 Å². The van der Waals surface area contributed by atoms with Gasteiger partial charge in [0, 0.05) is 31.7 Å². The molecule has 1 aliphatic rings. The Bertz CT molecular complexity index is 371. The third-order valence-corrected chi connectivity index (χ3v) is 4.23. The van der Waals surface area contributed by atoms with Gasteiger partial charge in [0.05, 0.1) is 0 Å². The lowest BCUT2D eigenvalue weighted by Gasteiger charge is -2.40. The molecule has 106 valence electrons. The predicted molar refractivity (Wildman–Crippen MR) is 82.4 cm³/mol. The maximum Gasteiger partial charge on any atom is 0.0237 e. The number of piperazine rings is 1. The van der Waals surface area contributed by atoms with Crippen molar-refractivity contribution in [3.05, 3.63) is 35.4 Å². The standard InChI is InChI=1S/C17H28N2/c1-4-6-16-13-19(17(5-2)11-18-16)12-15-9-7-14(3)8-10-15/h7-10,16-18H,4-6,11-13H2,1-3H3. The van der Waals surface area contributed by atoms with Crippen LogP contribution in [-0.4, -0.2) is 30.1 Å². The van der Waals surface area contributed by atoms with E-state index in [0.29, 0.717) is 12.1 Å². The highest BCUT2D eigenvalue weighted by molar-refractivity contribution is 5.21. The maximum atomic E-state index is 3.70. The third kappa shape index (κ3) is 4.05. The molecule has 1 fully saturated rings. The molecule has 0 bridgehead atoms. The first-order valence-electron chi connectivity index (χ1n) is 7.76. The summed E-state index contributed by atoms with van der Waals surface area (Å²) in [5.74, 6) is 0. The fourth-order valence-electron chi connectivity index (χ4n) is 2.99. The molecule has 2 nitrogen and oxygen atoms in total. The zero-order chi connectivity index (χ0) is 13.7. The zero-order valence-electron chi connectivity index (χ0n) is 12.7. The Morgan fingerprint density at radius 1 is 1.21 bits per heavy atom. The van der Waals surface area contributed by atoms with E-state index in [1.165, 1.54) is 36.9 Å². The van der Waals surface area contributed by atoms with Gasteiger partial charge in [0.15, 0.2) is 0 Å². The number of aryl methyl sites for hydroxylation is 1. The molecule has 1 aromatic carbocycles. The van der Waals surface area contributed by atoms with Crippen molar-refractivity contribution in [3.63, 3.8) is 0 Å². The van der Waals surface area contributed by atoms with E-state index in [2.05, 4.69) is 55.3 Å². The molecule has 0 aliphatic carbocycles. The van der Waals surface area contributed by atoms with E-state index < -0.39 is 0 Å². The minimum atomic E-state index is 0.679. The summed E-state index contributed by atoms with van der Waals surface area (Å²) in [6.45, 7) is 10.2. The lowest BCUT2D eigenvalue weighted by atomic mass is 10.0. The molecule has 0 amide bonds. The fraction of sp³-hybridized carbons (Fsp3) is 0.647. The highest BCUT2D eigenvalue weighted by Crippen LogP contribution is 2.17. The van der Waals surface area contributed by atoms with Gasteiger partial charge in [-0.2, -0.15) is 0 Å². The Morgan fingerprint density at radius 3 is 2.58 bits per heavy atom. The second kappa shape index (κ2) is 7.06. The molecule has 0 aromatic heterocycles. The van der Waals surface area contributed by atoms with E-state index in [1.807, 2.05) is 0 Å². The van der Waals surface area contributed by atoms with Gasteiger partial charge in [0.2, 0.25) is 0 Å². The van der Waals surface area contributed by atoms with Crippen LogP contribution < -0.4 is 5.32 Å². The van der Waals surface area contributed by atoms with Gasteiger partial charge in [0.25, 0.3) is 0 Å². The SMILES string of the molecule is CCCC1CN(Cc2ccc(C)cc2)C(CC)CN1. The summed E-state index contributed by atoms with van der Waals surface area (Å²) in [4.78, 5) is 2.67. The minimum Gasteiger partial charge on any atom is -0.311 e. The summed E-state index contributed by atoms with van der Waals surface area (Å²) < 4.78 is 0. The van der Waals surface area contributed by atoms with Crippen LogP contribution in [0.25, 0.3) is 0 Å². The van der Waals surface area contributed by atoms with Crippen LogP contribution in [0.15, 0.2) is 24.3 Å². The number of nitrogens with zero attached hydrogens (tertiary/aromatic N) is 1. The van der Waals surface area contributed by atoms with Gasteiger partial charge in [-0.1, -0.05) is 50.1 Å². The van der Waals surface area contributed by atoms with Crippen molar-refractivity contribution >= 4 is 0 Å². The predicted octanol–water partition coefficient (Wildman–Crippen LogP) is 3.35. The molecule has 1 aromatic rings. The van der Waals surface area contributed by atoms with E-state index in [1.54, 1.807) is 0 Å². The second-order valence-corrected chi connectivity index (χ2v) is 5.87. The number of benzene rings is 1. The Labute approximate surface area is 118 Å². The van der Waals surface area contributed by atoms with Crippen molar-refractivity contribution in [2.24, 2.45) is 0 Å². The summed E-state index contributed by atoms with van der Waals surface area (Å²) in [5, 5.41) is 3.70. The van der Waals surface area contributed by atoms with Crippen molar-refractivity contribution in [2.75, 3.05) is 13.1 Å². The van der Waals surface area contributed by atoms with Crippen LogP contribution in [0.4, 0.5) is 0 Å². The summed E-state index contributed by atoms with van der Waals surface area (Å²) in [6.07, 6.45) is 3.80. The molecule has 1 saturated heterocycles. The van der Waals surface area contributed by atoms with Crippen molar-refractivity contribution in [3.8, 4) is 0 Å². The molecule has 0 saturated carbocycles. The van der Waals surface area contributed by atoms with Crippen molar-refractivity contribution in [1.29, 1.82) is 0 Å². The molecule has 1 N–H and O–H groups in total. The van der Waals surface area contributed by atoms with Crippen molar-refractivity contribution in [1.82, 2.24) is 10.2 Å². The minimum absolute atomic E-state index is 0.679. The van der Waals surface area contributed by atoms with Gasteiger partial charge in [-0.05, 0) is 25.3 Å². The number of hydrogen-bond acceptors (Lipinski definition) is 2. The molecule has 2 rings (SSSR count). The fourth-order valence-corrected chi connectivity index (χ4v) is 2.99. The topological polar surface area (TPSA) is 15.3 Å². The van der Waals surface area contributed by atoms with Gasteiger partial charge in [-0.3, -0.25) is 4.90 Å². The monoisotopic (exact) mass is 260 g/mol. The first kappa shape index (κ1) is 14.5. The van der Waals surface area contributed by atoms with Gasteiger partial charge >= 0.3 is 0 Å². The van der Waals surface area contributed by atoms with Crippen molar-refractivity contribution < 1.29 is 0 Å². The highest BCUT2D eigenvalue weighted by atomic mass is 15.2. The molecule has 2 unspecified atom stereocenters. The first-order valence-corrected chi connectivity index (χ1v) is 7.76. The van der Waals surface area contributed by atoms with Crippen LogP contribution in [-0.2, 0) is 6.54 Å². The van der Waals surface area contributed by atoms with Crippen LogP contribution in [0, 0.1) is 6.92 Å². The lowest BCUT2D eigenvalue weighted by Crippen LogP contribution is -2.55. The highest BCUT2D eigenvalue weighted by Gasteiger charge is 2.25. The molecule has 1 aliphatic heterocycles. The molecule has 0 spiro atoms. The summed E-state index contributed by atoms with van der Waals surface area (Å²) >= 11 is 0. The van der Waals surface area contributed by atoms with E-state index in [9.17, 15) is 0 Å². The van der Waals surface area contributed by atoms with Crippen LogP contribution in [0.1, 0.15) is 44.2 Å². The Balaban J connectivity index is 1.99. The molecule has 1 heterocycles. The average molecular weight is 260 g/mol. The first-order chi connectivity index (χ1) is 9.22. The van der Waals surface area contributed by atoms with Crippen LogP contribution in [0.2, 0.25) is 0 Å². The number of nitrogens with one attached hydrogen (secondary N) is 1. The normalized spacial score (nSPS) is 24.6. The van der Waals surface area contributed by atoms with E-state index in [4.69, 9.17) is 0 Å². The van der Waals surface area contributed by atoms with Crippen LogP contribution in [0.5, 0.6) is 0 Å². The quantitative estimate of drug-likeness (QED) is 0.873. The smallest absolute Gasteiger partial charge is 0.0237 e. The molecular formula is C17H28N2. The van der Waals surface area contributed by atoms with Gasteiger partial charge in [-0.15, -0.1) is 0 Å². The average Bonchev–Trinajstić information content (AvgIpc) is 2.42. The molecule has 2 atom stereocenters. The maximum absolute atomic E-state index is 3.70. The molecular weight excluding hydrogens is 232 g/mol. The van der Waals surface area contributed by atoms with Gasteiger partial charge in [-0.25, -0.2) is 0 Å². The summed E-state index contributed by atoms with van der Waals surface area (Å²) in [5.41, 5.74) is 2.79. The molecule has 19 heavy (non-hydrogen) atoms. The Hall–Kier alpha value is -0.860. The van der Waals surface area contributed by atoms with E-state index in [0.717, 1.165) is 13.1 Å².